The molecular formula is C16H26N2O3S. The third-order valence-electron chi connectivity index (χ3n) is 3.82. The molecule has 1 aromatic rings. The number of aromatic nitrogens is 1. The summed E-state index contributed by atoms with van der Waals surface area (Å²) in [6.45, 7) is 8.40. The Morgan fingerprint density at radius 3 is 2.82 bits per heavy atom. The molecular weight excluding hydrogens is 300 g/mol. The third-order valence-corrected chi connectivity index (χ3v) is 4.87. The Balaban J connectivity index is 1.64. The van der Waals surface area contributed by atoms with Crippen LogP contribution in [0.2, 0.25) is 0 Å². The molecule has 0 unspecified atom stereocenters. The van der Waals surface area contributed by atoms with Gasteiger partial charge in [0.05, 0.1) is 30.3 Å². The molecule has 1 N–H and O–H groups in total. The quantitative estimate of drug-likeness (QED) is 0.746. The second-order valence-corrected chi connectivity index (χ2v) is 7.22. The predicted octanol–water partition coefficient (Wildman–Crippen LogP) is 2.54. The van der Waals surface area contributed by atoms with Gasteiger partial charge in [-0.1, -0.05) is 20.8 Å². The first-order valence-corrected chi connectivity index (χ1v) is 8.82. The van der Waals surface area contributed by atoms with Gasteiger partial charge in [-0.05, 0) is 19.3 Å². The van der Waals surface area contributed by atoms with E-state index < -0.39 is 0 Å². The fourth-order valence-electron chi connectivity index (χ4n) is 2.52. The number of hydrogen-bond acceptors (Lipinski definition) is 5. The topological polar surface area (TPSA) is 60.5 Å². The number of carbonyl (C=O) groups excluding carboxylic acids is 1. The lowest BCUT2D eigenvalue weighted by atomic mass is 9.87. The summed E-state index contributed by atoms with van der Waals surface area (Å²) in [5.41, 5.74) is 0.846. The molecule has 0 bridgehead atoms. The molecule has 1 aromatic heterocycles. The molecule has 0 radical (unpaired) electrons. The summed E-state index contributed by atoms with van der Waals surface area (Å²) in [7, 11) is 0. The van der Waals surface area contributed by atoms with Crippen molar-refractivity contribution in [1.29, 1.82) is 0 Å². The van der Waals surface area contributed by atoms with E-state index in [4.69, 9.17) is 9.47 Å². The maximum absolute atomic E-state index is 11.9. The van der Waals surface area contributed by atoms with Gasteiger partial charge >= 0.3 is 0 Å². The zero-order valence-electron chi connectivity index (χ0n) is 13.7. The van der Waals surface area contributed by atoms with E-state index in [0.717, 1.165) is 30.0 Å². The molecule has 0 aromatic carbocycles. The van der Waals surface area contributed by atoms with Gasteiger partial charge in [0.15, 0.2) is 6.29 Å². The van der Waals surface area contributed by atoms with Gasteiger partial charge in [-0.3, -0.25) is 4.79 Å². The van der Waals surface area contributed by atoms with Crippen molar-refractivity contribution < 1.29 is 14.3 Å². The molecule has 1 saturated heterocycles. The summed E-state index contributed by atoms with van der Waals surface area (Å²) in [5.74, 6) is 0.0409. The van der Waals surface area contributed by atoms with E-state index in [0.29, 0.717) is 26.2 Å². The first-order valence-electron chi connectivity index (χ1n) is 7.94. The van der Waals surface area contributed by atoms with Crippen LogP contribution in [0.25, 0.3) is 0 Å². The molecule has 1 aliphatic heterocycles. The third kappa shape index (κ3) is 5.04. The molecule has 6 heteroatoms. The molecule has 22 heavy (non-hydrogen) atoms. The Hall–Kier alpha value is -0.980. The highest BCUT2D eigenvalue weighted by Crippen LogP contribution is 2.31. The van der Waals surface area contributed by atoms with Gasteiger partial charge in [-0.25, -0.2) is 4.98 Å². The van der Waals surface area contributed by atoms with E-state index in [2.05, 4.69) is 31.1 Å². The zero-order valence-corrected chi connectivity index (χ0v) is 14.5. The lowest BCUT2D eigenvalue weighted by Gasteiger charge is -2.29. The van der Waals surface area contributed by atoms with Crippen molar-refractivity contribution >= 4 is 17.2 Å². The van der Waals surface area contributed by atoms with E-state index in [1.807, 2.05) is 5.38 Å². The number of rotatable bonds is 8. The second-order valence-electron chi connectivity index (χ2n) is 6.28. The zero-order chi connectivity index (χ0) is 16.0. The highest BCUT2D eigenvalue weighted by Gasteiger charge is 2.33. The molecule has 5 nitrogen and oxygen atoms in total. The van der Waals surface area contributed by atoms with Gasteiger partial charge < -0.3 is 14.8 Å². The van der Waals surface area contributed by atoms with Gasteiger partial charge in [0, 0.05) is 17.3 Å². The molecule has 0 spiro atoms. The fourth-order valence-corrected chi connectivity index (χ4v) is 3.26. The van der Waals surface area contributed by atoms with Crippen molar-refractivity contribution in [2.75, 3.05) is 19.8 Å². The summed E-state index contributed by atoms with van der Waals surface area (Å²) < 4.78 is 11.1. The molecule has 2 heterocycles. The van der Waals surface area contributed by atoms with E-state index >= 15 is 0 Å². The fraction of sp³-hybridized carbons (Fsp3) is 0.750. The van der Waals surface area contributed by atoms with Crippen LogP contribution < -0.4 is 5.32 Å². The number of amides is 1. The molecule has 0 aliphatic carbocycles. The lowest BCUT2D eigenvalue weighted by molar-refractivity contribution is -0.123. The first-order chi connectivity index (χ1) is 10.5. The number of carbonyl (C=O) groups is 1. The maximum atomic E-state index is 11.9. The van der Waals surface area contributed by atoms with Crippen molar-refractivity contribution in [2.45, 2.75) is 52.7 Å². The molecule has 0 saturated carbocycles. The van der Waals surface area contributed by atoms with Crippen LogP contribution >= 0.6 is 11.3 Å². The molecule has 1 fully saturated rings. The highest BCUT2D eigenvalue weighted by molar-refractivity contribution is 7.09. The number of nitrogens with one attached hydrogen (secondary N) is 1. The van der Waals surface area contributed by atoms with Gasteiger partial charge in [-0.15, -0.1) is 11.3 Å². The van der Waals surface area contributed by atoms with E-state index in [9.17, 15) is 4.79 Å². The minimum absolute atomic E-state index is 0.0217. The normalized spacial score (nSPS) is 16.1. The highest BCUT2D eigenvalue weighted by atomic mass is 32.1. The predicted molar refractivity (Wildman–Crippen MR) is 86.9 cm³/mol. The Labute approximate surface area is 136 Å². The van der Waals surface area contributed by atoms with E-state index in [-0.39, 0.29) is 17.6 Å². The van der Waals surface area contributed by atoms with Crippen LogP contribution in [0.4, 0.5) is 0 Å². The van der Waals surface area contributed by atoms with Crippen LogP contribution in [-0.4, -0.2) is 36.9 Å². The number of thiazole rings is 1. The Kier molecular flexibility index (Phi) is 6.35. The lowest BCUT2D eigenvalue weighted by Crippen LogP contribution is -2.32. The SMILES string of the molecule is CCc1nc(CC(=O)NCCCC(C)(C)C2OCCO2)cs1. The van der Waals surface area contributed by atoms with Crippen LogP contribution in [0.1, 0.15) is 44.3 Å². The Bertz CT molecular complexity index is 481. The average molecular weight is 326 g/mol. The minimum atomic E-state index is -0.120. The largest absolute Gasteiger partial charge is 0.356 e. The molecule has 124 valence electrons. The van der Waals surface area contributed by atoms with Crippen molar-refractivity contribution in [2.24, 2.45) is 5.41 Å². The summed E-state index contributed by atoms with van der Waals surface area (Å²) >= 11 is 1.62. The molecule has 0 atom stereocenters. The number of nitrogens with zero attached hydrogens (tertiary/aromatic N) is 1. The molecule has 1 aliphatic rings. The van der Waals surface area contributed by atoms with Crippen LogP contribution in [0.15, 0.2) is 5.38 Å². The summed E-state index contributed by atoms with van der Waals surface area (Å²) in [5, 5.41) is 6.02. The van der Waals surface area contributed by atoms with Gasteiger partial charge in [0.2, 0.25) is 5.91 Å². The Morgan fingerprint density at radius 1 is 1.45 bits per heavy atom. The van der Waals surface area contributed by atoms with Crippen LogP contribution in [0, 0.1) is 5.41 Å². The summed E-state index contributed by atoms with van der Waals surface area (Å²) in [6.07, 6.45) is 3.04. The van der Waals surface area contributed by atoms with Gasteiger partial charge in [0.1, 0.15) is 0 Å². The number of ether oxygens (including phenoxy) is 2. The molecule has 1 amide bonds. The van der Waals surface area contributed by atoms with Crippen LogP contribution in [0.5, 0.6) is 0 Å². The van der Waals surface area contributed by atoms with Crippen molar-refractivity contribution in [3.8, 4) is 0 Å². The van der Waals surface area contributed by atoms with E-state index in [1.54, 1.807) is 11.3 Å². The first kappa shape index (κ1) is 17.4. The van der Waals surface area contributed by atoms with E-state index in [1.165, 1.54) is 0 Å². The number of aryl methyl sites for hydroxylation is 1. The monoisotopic (exact) mass is 326 g/mol. The maximum Gasteiger partial charge on any atom is 0.226 e. The van der Waals surface area contributed by atoms with Crippen molar-refractivity contribution in [1.82, 2.24) is 10.3 Å². The summed E-state index contributed by atoms with van der Waals surface area (Å²) in [4.78, 5) is 16.3. The number of hydrogen-bond donors (Lipinski definition) is 1. The summed E-state index contributed by atoms with van der Waals surface area (Å²) in [6, 6.07) is 0. The minimum Gasteiger partial charge on any atom is -0.356 e. The van der Waals surface area contributed by atoms with Crippen molar-refractivity contribution in [3.63, 3.8) is 0 Å². The molecule has 2 rings (SSSR count). The van der Waals surface area contributed by atoms with Gasteiger partial charge in [-0.2, -0.15) is 0 Å². The van der Waals surface area contributed by atoms with Crippen LogP contribution in [0.3, 0.4) is 0 Å². The van der Waals surface area contributed by atoms with Crippen LogP contribution in [-0.2, 0) is 27.1 Å². The Morgan fingerprint density at radius 2 is 2.18 bits per heavy atom. The second kappa shape index (κ2) is 8.04. The van der Waals surface area contributed by atoms with Crippen molar-refractivity contribution in [3.05, 3.63) is 16.1 Å². The average Bonchev–Trinajstić information content (AvgIpc) is 3.15. The standard InChI is InChI=1S/C16H26N2O3S/c1-4-14-18-12(11-22-14)10-13(19)17-7-5-6-16(2,3)15-20-8-9-21-15/h11,15H,4-10H2,1-3H3,(H,17,19). The van der Waals surface area contributed by atoms with Gasteiger partial charge in [0.25, 0.3) is 0 Å². The smallest absolute Gasteiger partial charge is 0.226 e.